The van der Waals surface area contributed by atoms with E-state index in [-0.39, 0.29) is 12.4 Å². The molecule has 0 spiro atoms. The predicted molar refractivity (Wildman–Crippen MR) is 108 cm³/mol. The van der Waals surface area contributed by atoms with Gasteiger partial charge in [0.25, 0.3) is 0 Å². The number of hydrogen-bond donors (Lipinski definition) is 0. The van der Waals surface area contributed by atoms with E-state index in [9.17, 15) is 14.4 Å². The summed E-state index contributed by atoms with van der Waals surface area (Å²) in [5, 5.41) is 2.06. The number of carbonyl (C=O) groups is 3. The number of aldehydes is 1. The number of carbonyl (C=O) groups excluding carboxylic acids is 3. The van der Waals surface area contributed by atoms with Crippen molar-refractivity contribution < 1.29 is 19.1 Å². The van der Waals surface area contributed by atoms with Crippen molar-refractivity contribution in [3.8, 4) is 0 Å². The van der Waals surface area contributed by atoms with Crippen molar-refractivity contribution in [2.24, 2.45) is 0 Å². The fourth-order valence-corrected chi connectivity index (χ4v) is 3.79. The number of hydrogen-bond acceptors (Lipinski definition) is 5. The predicted octanol–water partition coefficient (Wildman–Crippen LogP) is 4.26. The number of rotatable bonds is 8. The van der Waals surface area contributed by atoms with Crippen LogP contribution in [0.15, 0.2) is 47.8 Å². The molecule has 6 heteroatoms. The van der Waals surface area contributed by atoms with Crippen LogP contribution >= 0.6 is 11.3 Å². The summed E-state index contributed by atoms with van der Waals surface area (Å²) >= 11 is 1.72. The number of thiophene rings is 1. The maximum atomic E-state index is 12.6. The number of nitrogens with zero attached hydrogens (tertiary/aromatic N) is 1. The highest BCUT2D eigenvalue weighted by Crippen LogP contribution is 2.18. The Morgan fingerprint density at radius 2 is 1.89 bits per heavy atom. The van der Waals surface area contributed by atoms with Gasteiger partial charge in [0, 0.05) is 33.9 Å². The number of esters is 1. The summed E-state index contributed by atoms with van der Waals surface area (Å²) in [6.07, 6.45) is 1.61. The lowest BCUT2D eigenvalue weighted by molar-refractivity contribution is 0.0474. The Hall–Kier alpha value is -2.99. The number of aryl methyl sites for hydroxylation is 2. The van der Waals surface area contributed by atoms with Crippen molar-refractivity contribution in [2.75, 3.05) is 6.61 Å². The monoisotopic (exact) mass is 395 g/mol. The Morgan fingerprint density at radius 1 is 1.14 bits per heavy atom. The Bertz CT molecular complexity index is 984. The second kappa shape index (κ2) is 8.80. The van der Waals surface area contributed by atoms with Crippen LogP contribution in [0.3, 0.4) is 0 Å². The van der Waals surface area contributed by atoms with Gasteiger partial charge in [-0.25, -0.2) is 4.79 Å². The van der Waals surface area contributed by atoms with Crippen molar-refractivity contribution in [3.63, 3.8) is 0 Å². The molecule has 1 aromatic carbocycles. The van der Waals surface area contributed by atoms with Crippen LogP contribution in [-0.4, -0.2) is 29.2 Å². The first-order valence-electron chi connectivity index (χ1n) is 8.94. The molecule has 144 valence electrons. The Labute approximate surface area is 167 Å². The summed E-state index contributed by atoms with van der Waals surface area (Å²) in [4.78, 5) is 36.6. The van der Waals surface area contributed by atoms with Crippen molar-refractivity contribution >= 4 is 29.4 Å². The Kier molecular flexibility index (Phi) is 6.21. The average molecular weight is 395 g/mol. The first-order valence-corrected chi connectivity index (χ1v) is 9.82. The van der Waals surface area contributed by atoms with Gasteiger partial charge in [0.2, 0.25) is 5.78 Å². The highest BCUT2D eigenvalue weighted by atomic mass is 32.1. The van der Waals surface area contributed by atoms with Crippen LogP contribution in [0.25, 0.3) is 0 Å². The number of ketones is 1. The van der Waals surface area contributed by atoms with Crippen LogP contribution in [0.4, 0.5) is 0 Å². The largest absolute Gasteiger partial charge is 0.454 e. The lowest BCUT2D eigenvalue weighted by atomic mass is 10.1. The zero-order valence-electron chi connectivity index (χ0n) is 15.8. The van der Waals surface area contributed by atoms with Crippen LogP contribution in [0.5, 0.6) is 0 Å². The molecule has 0 saturated heterocycles. The highest BCUT2D eigenvalue weighted by Gasteiger charge is 2.18. The third-order valence-electron chi connectivity index (χ3n) is 4.65. The molecule has 0 aliphatic rings. The molecule has 0 fully saturated rings. The minimum Gasteiger partial charge on any atom is -0.454 e. The van der Waals surface area contributed by atoms with Gasteiger partial charge in [0.1, 0.15) is 6.29 Å². The molecule has 0 saturated carbocycles. The van der Waals surface area contributed by atoms with Crippen molar-refractivity contribution in [1.29, 1.82) is 0 Å². The first kappa shape index (κ1) is 19.8. The van der Waals surface area contributed by atoms with Gasteiger partial charge in [-0.15, -0.1) is 11.3 Å². The molecule has 2 heterocycles. The van der Waals surface area contributed by atoms with E-state index in [1.54, 1.807) is 11.3 Å². The summed E-state index contributed by atoms with van der Waals surface area (Å²) in [6, 6.07) is 12.1. The molecule has 0 N–H and O–H groups in total. The first-order chi connectivity index (χ1) is 13.5. The molecule has 0 aliphatic heterocycles. The van der Waals surface area contributed by atoms with Gasteiger partial charge in [0.05, 0.1) is 5.56 Å². The van der Waals surface area contributed by atoms with Gasteiger partial charge >= 0.3 is 5.97 Å². The van der Waals surface area contributed by atoms with Crippen LogP contribution < -0.4 is 0 Å². The molecule has 5 nitrogen and oxygen atoms in total. The topological polar surface area (TPSA) is 65.4 Å². The van der Waals surface area contributed by atoms with Crippen LogP contribution in [0.2, 0.25) is 0 Å². The average Bonchev–Trinajstić information content (AvgIpc) is 3.32. The molecule has 0 unspecified atom stereocenters. The van der Waals surface area contributed by atoms with Gasteiger partial charge in [-0.2, -0.15) is 0 Å². The molecule has 0 atom stereocenters. The van der Waals surface area contributed by atoms with E-state index in [0.29, 0.717) is 23.0 Å². The maximum absolute atomic E-state index is 12.6. The van der Waals surface area contributed by atoms with E-state index in [1.807, 2.05) is 26.0 Å². The minimum atomic E-state index is -0.586. The molecule has 3 aromatic rings. The van der Waals surface area contributed by atoms with Crippen LogP contribution in [-0.2, 0) is 17.7 Å². The van der Waals surface area contributed by atoms with E-state index in [0.717, 1.165) is 24.4 Å². The fourth-order valence-electron chi connectivity index (χ4n) is 3.09. The van der Waals surface area contributed by atoms with Gasteiger partial charge < -0.3 is 9.30 Å². The number of Topliss-reactive ketones (excluding diaryl/α,β-unsaturated/α-hetero) is 1. The lowest BCUT2D eigenvalue weighted by Gasteiger charge is -2.09. The summed E-state index contributed by atoms with van der Waals surface area (Å²) in [5.74, 6) is -0.814. The summed E-state index contributed by atoms with van der Waals surface area (Å²) in [6.45, 7) is 4.37. The number of ether oxygens (including phenoxy) is 1. The smallest absolute Gasteiger partial charge is 0.338 e. The normalized spacial score (nSPS) is 10.6. The summed E-state index contributed by atoms with van der Waals surface area (Å²) in [5.41, 5.74) is 3.24. The molecule has 0 aliphatic carbocycles. The Balaban J connectivity index is 1.62. The molecule has 0 radical (unpaired) electrons. The van der Waals surface area contributed by atoms with E-state index in [1.165, 1.54) is 29.1 Å². The molecule has 3 rings (SSSR count). The summed E-state index contributed by atoms with van der Waals surface area (Å²) in [7, 11) is 0. The standard InChI is InChI=1S/C22H21NO4S/c1-15-12-20(16(2)23(15)10-9-19-4-3-11-28-19)21(25)14-27-22(26)18-7-5-17(13-24)6-8-18/h3-8,11-13H,9-10,14H2,1-2H3. The summed E-state index contributed by atoms with van der Waals surface area (Å²) < 4.78 is 7.27. The van der Waals surface area contributed by atoms with Crippen molar-refractivity contribution in [3.05, 3.63) is 80.8 Å². The van der Waals surface area contributed by atoms with E-state index >= 15 is 0 Å². The van der Waals surface area contributed by atoms with Gasteiger partial charge in [-0.1, -0.05) is 18.2 Å². The highest BCUT2D eigenvalue weighted by molar-refractivity contribution is 7.09. The van der Waals surface area contributed by atoms with E-state index in [2.05, 4.69) is 16.0 Å². The zero-order chi connectivity index (χ0) is 20.1. The number of benzene rings is 1. The Morgan fingerprint density at radius 3 is 2.54 bits per heavy atom. The fraction of sp³-hybridized carbons (Fsp3) is 0.227. The molecule has 0 amide bonds. The van der Waals surface area contributed by atoms with Crippen LogP contribution in [0, 0.1) is 13.8 Å². The van der Waals surface area contributed by atoms with Gasteiger partial charge in [0.15, 0.2) is 6.61 Å². The van der Waals surface area contributed by atoms with Crippen LogP contribution in [0.1, 0.15) is 47.3 Å². The van der Waals surface area contributed by atoms with Gasteiger partial charge in [-0.3, -0.25) is 9.59 Å². The third-order valence-corrected chi connectivity index (χ3v) is 5.59. The molecule has 0 bridgehead atoms. The number of aromatic nitrogens is 1. The molecule has 2 aromatic heterocycles. The lowest BCUT2D eigenvalue weighted by Crippen LogP contribution is -2.15. The van der Waals surface area contributed by atoms with Crippen molar-refractivity contribution in [1.82, 2.24) is 4.57 Å². The quantitative estimate of drug-likeness (QED) is 0.325. The van der Waals surface area contributed by atoms with Gasteiger partial charge in [-0.05, 0) is 49.9 Å². The molecular weight excluding hydrogens is 374 g/mol. The minimum absolute atomic E-state index is 0.228. The second-order valence-corrected chi connectivity index (χ2v) is 7.54. The second-order valence-electron chi connectivity index (χ2n) is 6.50. The zero-order valence-corrected chi connectivity index (χ0v) is 16.6. The molecule has 28 heavy (non-hydrogen) atoms. The maximum Gasteiger partial charge on any atom is 0.338 e. The van der Waals surface area contributed by atoms with E-state index < -0.39 is 5.97 Å². The SMILES string of the molecule is Cc1cc(C(=O)COC(=O)c2ccc(C=O)cc2)c(C)n1CCc1cccs1. The molecular formula is C22H21NO4S. The third kappa shape index (κ3) is 4.46. The van der Waals surface area contributed by atoms with Crippen molar-refractivity contribution in [2.45, 2.75) is 26.8 Å². The van der Waals surface area contributed by atoms with E-state index in [4.69, 9.17) is 4.74 Å².